The SMILES string of the molecule is O=C1Nc2ccccc2C1c1ccc2c(Nc3ccccc3O)cccc2n1. The van der Waals surface area contributed by atoms with Crippen molar-refractivity contribution >= 4 is 33.9 Å². The molecule has 0 saturated carbocycles. The van der Waals surface area contributed by atoms with E-state index < -0.39 is 5.92 Å². The Morgan fingerprint density at radius 3 is 2.54 bits per heavy atom. The molecule has 3 aromatic carbocycles. The number of aromatic nitrogens is 1. The van der Waals surface area contributed by atoms with Crippen LogP contribution in [0.3, 0.4) is 0 Å². The molecule has 1 atom stereocenters. The number of rotatable bonds is 3. The fourth-order valence-electron chi connectivity index (χ4n) is 3.67. The highest BCUT2D eigenvalue weighted by atomic mass is 16.3. The molecule has 136 valence electrons. The number of aromatic hydroxyl groups is 1. The van der Waals surface area contributed by atoms with Gasteiger partial charge in [0.05, 0.1) is 16.9 Å². The Hall–Kier alpha value is -3.86. The van der Waals surface area contributed by atoms with Crippen molar-refractivity contribution in [3.8, 4) is 5.75 Å². The van der Waals surface area contributed by atoms with Gasteiger partial charge >= 0.3 is 0 Å². The molecule has 1 amide bonds. The first kappa shape index (κ1) is 16.3. The van der Waals surface area contributed by atoms with E-state index in [1.807, 2.05) is 66.7 Å². The summed E-state index contributed by atoms with van der Waals surface area (Å²) in [5, 5.41) is 17.1. The van der Waals surface area contributed by atoms with Gasteiger partial charge < -0.3 is 15.7 Å². The maximum atomic E-state index is 12.5. The zero-order valence-corrected chi connectivity index (χ0v) is 14.9. The zero-order chi connectivity index (χ0) is 19.1. The van der Waals surface area contributed by atoms with Crippen molar-refractivity contribution in [2.45, 2.75) is 5.92 Å². The second-order valence-electron chi connectivity index (χ2n) is 6.76. The van der Waals surface area contributed by atoms with Crippen molar-refractivity contribution in [3.63, 3.8) is 0 Å². The summed E-state index contributed by atoms with van der Waals surface area (Å²) in [7, 11) is 0. The number of carbonyl (C=O) groups is 1. The Kier molecular flexibility index (Phi) is 3.72. The van der Waals surface area contributed by atoms with Gasteiger partial charge in [0.1, 0.15) is 11.7 Å². The summed E-state index contributed by atoms with van der Waals surface area (Å²) in [6, 6.07) is 24.4. The number of carbonyl (C=O) groups excluding carboxylic acids is 1. The number of hydrogen-bond donors (Lipinski definition) is 3. The average molecular weight is 367 g/mol. The van der Waals surface area contributed by atoms with Crippen LogP contribution in [0.5, 0.6) is 5.75 Å². The average Bonchev–Trinajstić information content (AvgIpc) is 3.05. The Balaban J connectivity index is 1.56. The van der Waals surface area contributed by atoms with Gasteiger partial charge in [-0.2, -0.15) is 0 Å². The van der Waals surface area contributed by atoms with Gasteiger partial charge in [-0.15, -0.1) is 0 Å². The van der Waals surface area contributed by atoms with E-state index in [0.29, 0.717) is 5.69 Å². The topological polar surface area (TPSA) is 74.2 Å². The first-order valence-corrected chi connectivity index (χ1v) is 9.05. The van der Waals surface area contributed by atoms with Gasteiger partial charge in [0.15, 0.2) is 0 Å². The van der Waals surface area contributed by atoms with E-state index in [-0.39, 0.29) is 11.7 Å². The van der Waals surface area contributed by atoms with Crippen LogP contribution in [0, 0.1) is 0 Å². The number of amides is 1. The van der Waals surface area contributed by atoms with Crippen molar-refractivity contribution in [3.05, 3.63) is 90.1 Å². The molecule has 1 aromatic heterocycles. The summed E-state index contributed by atoms with van der Waals surface area (Å²) < 4.78 is 0. The standard InChI is InChI=1S/C23H17N3O2/c27-21-11-4-3-8-19(21)24-16-9-5-10-17-14(16)12-13-20(25-17)22-15-6-1-2-7-18(15)26-23(22)28/h1-13,22,24,27H,(H,26,28). The third-order valence-corrected chi connectivity index (χ3v) is 5.01. The van der Waals surface area contributed by atoms with Crippen molar-refractivity contribution in [2.75, 3.05) is 10.6 Å². The van der Waals surface area contributed by atoms with Crippen molar-refractivity contribution in [1.82, 2.24) is 4.98 Å². The van der Waals surface area contributed by atoms with E-state index >= 15 is 0 Å². The maximum absolute atomic E-state index is 12.5. The van der Waals surface area contributed by atoms with E-state index in [2.05, 4.69) is 10.6 Å². The number of para-hydroxylation sites is 3. The molecule has 5 heteroatoms. The van der Waals surface area contributed by atoms with E-state index in [9.17, 15) is 9.90 Å². The van der Waals surface area contributed by atoms with Crippen LogP contribution in [-0.4, -0.2) is 16.0 Å². The summed E-state index contributed by atoms with van der Waals surface area (Å²) in [4.78, 5) is 17.3. The largest absolute Gasteiger partial charge is 0.506 e. The molecule has 4 aromatic rings. The zero-order valence-electron chi connectivity index (χ0n) is 14.9. The normalized spacial score (nSPS) is 15.3. The van der Waals surface area contributed by atoms with E-state index in [0.717, 1.165) is 33.5 Å². The molecule has 5 rings (SSSR count). The lowest BCUT2D eigenvalue weighted by Gasteiger charge is -2.13. The van der Waals surface area contributed by atoms with Crippen LogP contribution in [0.1, 0.15) is 17.2 Å². The summed E-state index contributed by atoms with van der Waals surface area (Å²) >= 11 is 0. The quantitative estimate of drug-likeness (QED) is 0.456. The number of hydrogen-bond acceptors (Lipinski definition) is 4. The van der Waals surface area contributed by atoms with Crippen LogP contribution in [0.25, 0.3) is 10.9 Å². The van der Waals surface area contributed by atoms with Gasteiger partial charge in [0.2, 0.25) is 5.91 Å². The molecule has 0 saturated heterocycles. The summed E-state index contributed by atoms with van der Waals surface area (Å²) in [5.74, 6) is -0.282. The lowest BCUT2D eigenvalue weighted by atomic mass is 9.96. The second-order valence-corrected chi connectivity index (χ2v) is 6.76. The van der Waals surface area contributed by atoms with E-state index in [1.54, 1.807) is 12.1 Å². The van der Waals surface area contributed by atoms with Gasteiger partial charge in [-0.1, -0.05) is 36.4 Å². The highest BCUT2D eigenvalue weighted by Gasteiger charge is 2.32. The highest BCUT2D eigenvalue weighted by Crippen LogP contribution is 2.37. The highest BCUT2D eigenvalue weighted by molar-refractivity contribution is 6.05. The number of fused-ring (bicyclic) bond motifs is 2. The molecule has 5 nitrogen and oxygen atoms in total. The minimum Gasteiger partial charge on any atom is -0.506 e. The molecular formula is C23H17N3O2. The van der Waals surface area contributed by atoms with Gasteiger partial charge in [0.25, 0.3) is 0 Å². The molecule has 1 aliphatic heterocycles. The van der Waals surface area contributed by atoms with Gasteiger partial charge in [-0.05, 0) is 48.0 Å². The molecule has 0 bridgehead atoms. The monoisotopic (exact) mass is 367 g/mol. The Labute approximate surface area is 161 Å². The van der Waals surface area contributed by atoms with Crippen LogP contribution in [-0.2, 0) is 4.79 Å². The molecule has 0 aliphatic carbocycles. The Bertz CT molecular complexity index is 1220. The molecule has 2 heterocycles. The van der Waals surface area contributed by atoms with Crippen molar-refractivity contribution < 1.29 is 9.90 Å². The van der Waals surface area contributed by atoms with Crippen LogP contribution >= 0.6 is 0 Å². The third-order valence-electron chi connectivity index (χ3n) is 5.01. The Morgan fingerprint density at radius 1 is 0.857 bits per heavy atom. The van der Waals surface area contributed by atoms with Crippen LogP contribution in [0.2, 0.25) is 0 Å². The molecule has 0 spiro atoms. The van der Waals surface area contributed by atoms with Crippen LogP contribution in [0.4, 0.5) is 17.1 Å². The first-order chi connectivity index (χ1) is 13.7. The first-order valence-electron chi connectivity index (χ1n) is 9.05. The number of benzene rings is 3. The summed E-state index contributed by atoms with van der Waals surface area (Å²) in [6.45, 7) is 0. The third kappa shape index (κ3) is 2.65. The Morgan fingerprint density at radius 2 is 1.64 bits per heavy atom. The van der Waals surface area contributed by atoms with Gasteiger partial charge in [-0.25, -0.2) is 0 Å². The number of nitrogens with one attached hydrogen (secondary N) is 2. The number of pyridine rings is 1. The van der Waals surface area contributed by atoms with E-state index in [1.165, 1.54) is 0 Å². The van der Waals surface area contributed by atoms with Crippen LogP contribution < -0.4 is 10.6 Å². The molecular weight excluding hydrogens is 350 g/mol. The lowest BCUT2D eigenvalue weighted by Crippen LogP contribution is -2.14. The fraction of sp³-hybridized carbons (Fsp3) is 0.0435. The molecule has 3 N–H and O–H groups in total. The number of phenols is 1. The molecule has 1 aliphatic rings. The molecule has 0 radical (unpaired) electrons. The lowest BCUT2D eigenvalue weighted by molar-refractivity contribution is -0.116. The van der Waals surface area contributed by atoms with Crippen molar-refractivity contribution in [1.29, 1.82) is 0 Å². The smallest absolute Gasteiger partial charge is 0.238 e. The minimum absolute atomic E-state index is 0.0588. The predicted octanol–water partition coefficient (Wildman–Crippen LogP) is 4.77. The number of nitrogens with zero attached hydrogens (tertiary/aromatic N) is 1. The number of phenolic OH excluding ortho intramolecular Hbond substituents is 1. The van der Waals surface area contributed by atoms with E-state index in [4.69, 9.17) is 4.98 Å². The minimum atomic E-state index is -0.407. The molecule has 0 fully saturated rings. The van der Waals surface area contributed by atoms with Crippen molar-refractivity contribution in [2.24, 2.45) is 0 Å². The van der Waals surface area contributed by atoms with Gasteiger partial charge in [0, 0.05) is 16.8 Å². The molecule has 1 unspecified atom stereocenters. The second kappa shape index (κ2) is 6.39. The van der Waals surface area contributed by atoms with Gasteiger partial charge in [-0.3, -0.25) is 9.78 Å². The summed E-state index contributed by atoms with van der Waals surface area (Å²) in [5.41, 5.74) is 4.76. The molecule has 28 heavy (non-hydrogen) atoms. The summed E-state index contributed by atoms with van der Waals surface area (Å²) in [6.07, 6.45) is 0. The predicted molar refractivity (Wildman–Crippen MR) is 110 cm³/mol. The number of anilines is 3. The maximum Gasteiger partial charge on any atom is 0.238 e. The fourth-order valence-corrected chi connectivity index (χ4v) is 3.67. The van der Waals surface area contributed by atoms with Crippen LogP contribution in [0.15, 0.2) is 78.9 Å².